The first-order valence-corrected chi connectivity index (χ1v) is 9.50. The molecule has 0 saturated heterocycles. The molecule has 1 heterocycles. The number of fused-ring (bicyclic) bond motifs is 1. The second kappa shape index (κ2) is 9.17. The van der Waals surface area contributed by atoms with E-state index in [1.165, 1.54) is 13.0 Å². The third kappa shape index (κ3) is 4.63. The van der Waals surface area contributed by atoms with Crippen LogP contribution in [0.3, 0.4) is 0 Å². The molecule has 0 atom stereocenters. The molecule has 3 aromatic rings. The van der Waals surface area contributed by atoms with Gasteiger partial charge in [0, 0.05) is 18.0 Å². The zero-order chi connectivity index (χ0) is 21.7. The van der Waals surface area contributed by atoms with E-state index in [1.54, 1.807) is 25.1 Å². The summed E-state index contributed by atoms with van der Waals surface area (Å²) in [5.41, 5.74) is 2.81. The topological polar surface area (TPSA) is 94.6 Å². The summed E-state index contributed by atoms with van der Waals surface area (Å²) in [6, 6.07) is 13.8. The van der Waals surface area contributed by atoms with Crippen LogP contribution in [-0.2, 0) is 20.9 Å². The minimum Gasteiger partial charge on any atom is -0.462 e. The number of anilines is 1. The summed E-state index contributed by atoms with van der Waals surface area (Å²) in [7, 11) is 0. The number of nitrogens with one attached hydrogen (secondary N) is 1. The highest BCUT2D eigenvalue weighted by Gasteiger charge is 2.21. The van der Waals surface area contributed by atoms with E-state index in [2.05, 4.69) is 10.3 Å². The smallest absolute Gasteiger partial charge is 0.340 e. The number of carbonyl (C=O) groups excluding carboxylic acids is 3. The number of hydrogen-bond acceptors (Lipinski definition) is 6. The van der Waals surface area contributed by atoms with Crippen LogP contribution in [0.4, 0.5) is 5.69 Å². The van der Waals surface area contributed by atoms with Gasteiger partial charge in [0.05, 0.1) is 28.9 Å². The molecule has 1 aromatic heterocycles. The average molecular weight is 406 g/mol. The third-order valence-corrected chi connectivity index (χ3v) is 4.47. The van der Waals surface area contributed by atoms with E-state index < -0.39 is 11.9 Å². The number of benzene rings is 2. The number of para-hydroxylation sites is 1. The number of aromatic nitrogens is 1. The van der Waals surface area contributed by atoms with Gasteiger partial charge in [-0.2, -0.15) is 0 Å². The highest BCUT2D eigenvalue weighted by Crippen LogP contribution is 2.24. The summed E-state index contributed by atoms with van der Waals surface area (Å²) < 4.78 is 10.6. The van der Waals surface area contributed by atoms with Gasteiger partial charge in [0.2, 0.25) is 5.91 Å². The van der Waals surface area contributed by atoms with E-state index in [-0.39, 0.29) is 24.7 Å². The van der Waals surface area contributed by atoms with Crippen molar-refractivity contribution in [1.82, 2.24) is 4.98 Å². The molecule has 0 spiro atoms. The molecule has 0 radical (unpaired) electrons. The molecule has 0 aliphatic carbocycles. The van der Waals surface area contributed by atoms with Crippen molar-refractivity contribution in [3.05, 3.63) is 70.9 Å². The number of rotatable bonds is 6. The predicted molar refractivity (Wildman–Crippen MR) is 112 cm³/mol. The Morgan fingerprint density at radius 2 is 1.77 bits per heavy atom. The van der Waals surface area contributed by atoms with Crippen LogP contribution < -0.4 is 5.32 Å². The Bertz CT molecular complexity index is 1120. The lowest BCUT2D eigenvalue weighted by atomic mass is 10.0. The first-order chi connectivity index (χ1) is 14.4. The Morgan fingerprint density at radius 3 is 2.50 bits per heavy atom. The predicted octanol–water partition coefficient (Wildman–Crippen LogP) is 4.04. The lowest BCUT2D eigenvalue weighted by Crippen LogP contribution is -2.15. The first-order valence-electron chi connectivity index (χ1n) is 9.50. The van der Waals surface area contributed by atoms with E-state index in [0.29, 0.717) is 22.5 Å². The summed E-state index contributed by atoms with van der Waals surface area (Å²) in [6.45, 7) is 4.96. The SMILES string of the molecule is CCOC(=O)c1c(COC(=O)c2cccc(NC(C)=O)c2)nc2ccccc2c1C. The van der Waals surface area contributed by atoms with Crippen LogP contribution in [0.2, 0.25) is 0 Å². The fraction of sp³-hybridized carbons (Fsp3) is 0.217. The van der Waals surface area contributed by atoms with Crippen LogP contribution in [-0.4, -0.2) is 29.4 Å². The summed E-state index contributed by atoms with van der Waals surface area (Å²) >= 11 is 0. The average Bonchev–Trinajstić information content (AvgIpc) is 2.72. The summed E-state index contributed by atoms with van der Waals surface area (Å²) in [6.07, 6.45) is 0. The number of aryl methyl sites for hydroxylation is 1. The van der Waals surface area contributed by atoms with E-state index in [9.17, 15) is 14.4 Å². The molecular weight excluding hydrogens is 384 g/mol. The van der Waals surface area contributed by atoms with Gasteiger partial charge in [0.15, 0.2) is 0 Å². The van der Waals surface area contributed by atoms with Crippen molar-refractivity contribution in [3.63, 3.8) is 0 Å². The fourth-order valence-corrected chi connectivity index (χ4v) is 3.16. The third-order valence-electron chi connectivity index (χ3n) is 4.47. The Hall–Kier alpha value is -3.74. The summed E-state index contributed by atoms with van der Waals surface area (Å²) in [5, 5.41) is 3.45. The Balaban J connectivity index is 1.89. The van der Waals surface area contributed by atoms with Crippen molar-refractivity contribution in [3.8, 4) is 0 Å². The second-order valence-corrected chi connectivity index (χ2v) is 6.63. The van der Waals surface area contributed by atoms with Crippen molar-refractivity contribution in [2.75, 3.05) is 11.9 Å². The lowest BCUT2D eigenvalue weighted by molar-refractivity contribution is -0.114. The quantitative estimate of drug-likeness (QED) is 0.621. The number of ether oxygens (including phenoxy) is 2. The van der Waals surface area contributed by atoms with Gasteiger partial charge in [0.25, 0.3) is 0 Å². The zero-order valence-corrected chi connectivity index (χ0v) is 17.0. The van der Waals surface area contributed by atoms with Gasteiger partial charge in [-0.25, -0.2) is 14.6 Å². The highest BCUT2D eigenvalue weighted by atomic mass is 16.5. The van der Waals surface area contributed by atoms with Crippen molar-refractivity contribution in [2.45, 2.75) is 27.4 Å². The minimum atomic E-state index is -0.593. The monoisotopic (exact) mass is 406 g/mol. The number of carbonyl (C=O) groups is 3. The number of esters is 2. The Labute approximate surface area is 174 Å². The molecule has 1 amide bonds. The highest BCUT2D eigenvalue weighted by molar-refractivity contribution is 5.98. The van der Waals surface area contributed by atoms with Crippen molar-refractivity contribution in [1.29, 1.82) is 0 Å². The minimum absolute atomic E-state index is 0.191. The fourth-order valence-electron chi connectivity index (χ4n) is 3.16. The first kappa shape index (κ1) is 21.0. The summed E-state index contributed by atoms with van der Waals surface area (Å²) in [5.74, 6) is -1.34. The molecule has 7 nitrogen and oxygen atoms in total. The molecule has 154 valence electrons. The lowest BCUT2D eigenvalue weighted by Gasteiger charge is -2.14. The second-order valence-electron chi connectivity index (χ2n) is 6.63. The van der Waals surface area contributed by atoms with Crippen molar-refractivity contribution >= 4 is 34.4 Å². The molecule has 1 N–H and O–H groups in total. The molecule has 0 aliphatic rings. The van der Waals surface area contributed by atoms with Crippen molar-refractivity contribution < 1.29 is 23.9 Å². The van der Waals surface area contributed by atoms with Gasteiger partial charge in [-0.05, 0) is 43.7 Å². The molecular formula is C23H22N2O5. The van der Waals surface area contributed by atoms with Gasteiger partial charge in [-0.1, -0.05) is 24.3 Å². The number of amides is 1. The van der Waals surface area contributed by atoms with Crippen LogP contribution >= 0.6 is 0 Å². The van der Waals surface area contributed by atoms with Crippen LogP contribution in [0.1, 0.15) is 45.8 Å². The largest absolute Gasteiger partial charge is 0.462 e. The molecule has 30 heavy (non-hydrogen) atoms. The van der Waals surface area contributed by atoms with Crippen LogP contribution in [0, 0.1) is 6.92 Å². The van der Waals surface area contributed by atoms with E-state index >= 15 is 0 Å². The van der Waals surface area contributed by atoms with Gasteiger partial charge in [-0.3, -0.25) is 4.79 Å². The number of hydrogen-bond donors (Lipinski definition) is 1. The van der Waals surface area contributed by atoms with Crippen LogP contribution in [0.5, 0.6) is 0 Å². The normalized spacial score (nSPS) is 10.5. The molecule has 0 saturated carbocycles. The van der Waals surface area contributed by atoms with Gasteiger partial charge in [-0.15, -0.1) is 0 Å². The van der Waals surface area contributed by atoms with Gasteiger partial charge in [0.1, 0.15) is 6.61 Å². The van der Waals surface area contributed by atoms with E-state index in [0.717, 1.165) is 10.9 Å². The molecule has 0 unspecified atom stereocenters. The number of pyridine rings is 1. The molecule has 2 aromatic carbocycles. The maximum absolute atomic E-state index is 12.5. The van der Waals surface area contributed by atoms with E-state index in [4.69, 9.17) is 9.47 Å². The Morgan fingerprint density at radius 1 is 1.00 bits per heavy atom. The molecule has 0 bridgehead atoms. The van der Waals surface area contributed by atoms with Crippen LogP contribution in [0.25, 0.3) is 10.9 Å². The maximum atomic E-state index is 12.5. The molecule has 0 fully saturated rings. The molecule has 7 heteroatoms. The van der Waals surface area contributed by atoms with E-state index in [1.807, 2.05) is 31.2 Å². The standard InChI is InChI=1S/C23H22N2O5/c1-4-29-23(28)21-14(2)18-10-5-6-11-19(18)25-20(21)13-30-22(27)16-8-7-9-17(12-16)24-15(3)26/h5-12H,4,13H2,1-3H3,(H,24,26). The molecule has 0 aliphatic heterocycles. The Kier molecular flexibility index (Phi) is 6.41. The summed E-state index contributed by atoms with van der Waals surface area (Å²) in [4.78, 5) is 40.8. The van der Waals surface area contributed by atoms with Crippen molar-refractivity contribution in [2.24, 2.45) is 0 Å². The zero-order valence-electron chi connectivity index (χ0n) is 17.0. The maximum Gasteiger partial charge on any atom is 0.340 e. The van der Waals surface area contributed by atoms with Gasteiger partial charge < -0.3 is 14.8 Å². The number of nitrogens with zero attached hydrogens (tertiary/aromatic N) is 1. The molecule has 3 rings (SSSR count). The van der Waals surface area contributed by atoms with Gasteiger partial charge >= 0.3 is 11.9 Å². The van der Waals surface area contributed by atoms with Crippen LogP contribution in [0.15, 0.2) is 48.5 Å².